The van der Waals surface area contributed by atoms with Gasteiger partial charge in [-0.25, -0.2) is 4.79 Å². The molecule has 7 heteroatoms. The molecule has 0 atom stereocenters. The Morgan fingerprint density at radius 1 is 0.931 bits per heavy atom. The summed E-state index contributed by atoms with van der Waals surface area (Å²) in [6.45, 7) is 13.4. The van der Waals surface area contributed by atoms with E-state index >= 15 is 0 Å². The monoisotopic (exact) mass is 419 g/mol. The minimum Gasteiger partial charge on any atom is -0.464 e. The summed E-state index contributed by atoms with van der Waals surface area (Å²) < 4.78 is 31.7. The average Bonchev–Trinajstić information content (AvgIpc) is 2.54. The second kappa shape index (κ2) is 7.71. The Balaban J connectivity index is 2.84. The van der Waals surface area contributed by atoms with Gasteiger partial charge in [-0.1, -0.05) is 77.4 Å². The first-order valence-electron chi connectivity index (χ1n) is 9.33. The second-order valence-electron chi connectivity index (χ2n) is 9.11. The highest BCUT2D eigenvalue weighted by atomic mass is 32.2. The van der Waals surface area contributed by atoms with Crippen molar-refractivity contribution >= 4 is 22.1 Å². The van der Waals surface area contributed by atoms with Crippen LogP contribution in [0.2, 0.25) is 0 Å². The van der Waals surface area contributed by atoms with Crippen LogP contribution >= 0.6 is 0 Å². The lowest BCUT2D eigenvalue weighted by Crippen LogP contribution is -2.41. The van der Waals surface area contributed by atoms with Gasteiger partial charge in [-0.2, -0.15) is 8.42 Å². The molecule has 1 amide bonds. The first-order valence-corrected chi connectivity index (χ1v) is 10.7. The Labute approximate surface area is 173 Å². The third kappa shape index (κ3) is 5.09. The molecule has 0 aliphatic carbocycles. The van der Waals surface area contributed by atoms with E-state index in [0.717, 1.165) is 5.56 Å². The van der Waals surface area contributed by atoms with Crippen LogP contribution in [0.1, 0.15) is 58.2 Å². The van der Waals surface area contributed by atoms with Crippen LogP contribution in [0.15, 0.2) is 42.5 Å². The molecule has 0 bridgehead atoms. The fraction of sp³-hybridized carbons (Fsp3) is 0.409. The van der Waals surface area contributed by atoms with E-state index in [9.17, 15) is 18.3 Å². The summed E-state index contributed by atoms with van der Waals surface area (Å²) in [6.07, 6.45) is -1.62. The lowest BCUT2D eigenvalue weighted by atomic mass is 9.77. The number of hydrogen-bond acceptors (Lipinski definition) is 4. The van der Waals surface area contributed by atoms with Crippen LogP contribution in [0.25, 0.3) is 0 Å². The minimum absolute atomic E-state index is 0.0421. The fourth-order valence-electron chi connectivity index (χ4n) is 3.08. The van der Waals surface area contributed by atoms with Crippen LogP contribution in [0.5, 0.6) is 5.75 Å². The van der Waals surface area contributed by atoms with Crippen molar-refractivity contribution in [3.63, 3.8) is 0 Å². The van der Waals surface area contributed by atoms with Crippen molar-refractivity contribution in [3.8, 4) is 5.75 Å². The highest BCUT2D eigenvalue weighted by molar-refractivity contribution is 7.89. The van der Waals surface area contributed by atoms with Gasteiger partial charge in [-0.15, -0.1) is 4.31 Å². The molecule has 0 heterocycles. The molecule has 0 aliphatic rings. The average molecular weight is 420 g/mol. The first kappa shape index (κ1) is 22.7. The molecule has 158 valence electrons. The fourth-order valence-corrected chi connectivity index (χ4v) is 4.12. The Morgan fingerprint density at radius 2 is 1.38 bits per heavy atom. The van der Waals surface area contributed by atoms with Crippen LogP contribution in [-0.2, 0) is 21.1 Å². The van der Waals surface area contributed by atoms with E-state index in [1.165, 1.54) is 12.1 Å². The predicted octanol–water partition coefficient (Wildman–Crippen LogP) is 5.40. The molecule has 6 nitrogen and oxygen atoms in total. The van der Waals surface area contributed by atoms with Gasteiger partial charge in [0.1, 0.15) is 5.75 Å². The number of aryl methyl sites for hydroxylation is 1. The molecule has 0 aromatic heterocycles. The van der Waals surface area contributed by atoms with Gasteiger partial charge in [0, 0.05) is 0 Å². The third-order valence-electron chi connectivity index (χ3n) is 4.42. The number of benzene rings is 2. The smallest absolute Gasteiger partial charge is 0.428 e. The van der Waals surface area contributed by atoms with Gasteiger partial charge in [-0.05, 0) is 41.0 Å². The normalized spacial score (nSPS) is 12.5. The van der Waals surface area contributed by atoms with Crippen molar-refractivity contribution in [1.82, 2.24) is 0 Å². The number of anilines is 1. The molecule has 2 aromatic rings. The molecular formula is C22H29NO5S. The lowest BCUT2D eigenvalue weighted by Gasteiger charge is -2.34. The van der Waals surface area contributed by atoms with E-state index in [1.54, 1.807) is 18.2 Å². The van der Waals surface area contributed by atoms with Crippen LogP contribution in [0, 0.1) is 6.92 Å². The number of rotatable bonds is 4. The van der Waals surface area contributed by atoms with E-state index in [2.05, 4.69) is 0 Å². The van der Waals surface area contributed by atoms with Crippen LogP contribution in [-0.4, -0.2) is 19.6 Å². The molecule has 1 N–H and O–H groups in total. The van der Waals surface area contributed by atoms with Gasteiger partial charge in [0.15, 0.2) is 0 Å². The van der Waals surface area contributed by atoms with Gasteiger partial charge in [-0.3, -0.25) is 0 Å². The van der Waals surface area contributed by atoms with E-state index in [0.29, 0.717) is 15.4 Å². The summed E-state index contributed by atoms with van der Waals surface area (Å²) in [6, 6.07) is 11.5. The predicted molar refractivity (Wildman–Crippen MR) is 115 cm³/mol. The molecule has 2 rings (SSSR count). The molecule has 2 aromatic carbocycles. The maximum Gasteiger partial charge on any atom is 0.428 e. The van der Waals surface area contributed by atoms with Crippen LogP contribution in [0.4, 0.5) is 10.5 Å². The van der Waals surface area contributed by atoms with E-state index in [1.807, 2.05) is 60.6 Å². The van der Waals surface area contributed by atoms with Gasteiger partial charge in [0.05, 0.1) is 5.69 Å². The maximum atomic E-state index is 13.1. The molecule has 0 spiro atoms. The standard InChI is InChI=1S/C22H29NO5S/c1-15-13-17(21(2,3)4)19(18(14-15)22(5,6)7)23(20(24)25)29(26,27)28-16-11-9-8-10-12-16/h8-14H,1-7H3,(H,24,25). The number of carboxylic acid groups (broad SMARTS) is 1. The molecule has 0 saturated carbocycles. The Bertz CT molecular complexity index is 965. The largest absolute Gasteiger partial charge is 0.464 e. The summed E-state index contributed by atoms with van der Waals surface area (Å²) in [5.74, 6) is 0.0421. The van der Waals surface area contributed by atoms with Gasteiger partial charge < -0.3 is 9.29 Å². The van der Waals surface area contributed by atoms with Crippen molar-refractivity contribution in [2.24, 2.45) is 0 Å². The number of hydrogen-bond donors (Lipinski definition) is 1. The maximum absolute atomic E-state index is 13.1. The van der Waals surface area contributed by atoms with Crippen molar-refractivity contribution in [2.75, 3.05) is 4.31 Å². The second-order valence-corrected chi connectivity index (χ2v) is 10.5. The Hall–Kier alpha value is -2.54. The van der Waals surface area contributed by atoms with Crippen molar-refractivity contribution in [2.45, 2.75) is 59.3 Å². The van der Waals surface area contributed by atoms with Crippen molar-refractivity contribution < 1.29 is 22.5 Å². The number of para-hydroxylation sites is 1. The van der Waals surface area contributed by atoms with Crippen LogP contribution < -0.4 is 8.49 Å². The van der Waals surface area contributed by atoms with E-state index in [4.69, 9.17) is 4.18 Å². The van der Waals surface area contributed by atoms with E-state index in [-0.39, 0.29) is 11.4 Å². The molecule has 0 saturated heterocycles. The molecule has 29 heavy (non-hydrogen) atoms. The third-order valence-corrected chi connectivity index (χ3v) is 5.60. The highest BCUT2D eigenvalue weighted by Gasteiger charge is 2.39. The number of carbonyl (C=O) groups is 1. The molecular weight excluding hydrogens is 390 g/mol. The van der Waals surface area contributed by atoms with Gasteiger partial charge in [0.2, 0.25) is 0 Å². The zero-order valence-electron chi connectivity index (χ0n) is 18.0. The van der Waals surface area contributed by atoms with Crippen molar-refractivity contribution in [1.29, 1.82) is 0 Å². The zero-order valence-corrected chi connectivity index (χ0v) is 18.8. The summed E-state index contributed by atoms with van der Waals surface area (Å²) in [5.41, 5.74) is 1.28. The van der Waals surface area contributed by atoms with Crippen LogP contribution in [0.3, 0.4) is 0 Å². The molecule has 0 aliphatic heterocycles. The summed E-state index contributed by atoms with van der Waals surface area (Å²) in [5, 5.41) is 9.96. The van der Waals surface area contributed by atoms with Gasteiger partial charge in [0.25, 0.3) is 0 Å². The highest BCUT2D eigenvalue weighted by Crippen LogP contribution is 2.42. The topological polar surface area (TPSA) is 83.9 Å². The first-order chi connectivity index (χ1) is 13.1. The van der Waals surface area contributed by atoms with Gasteiger partial charge >= 0.3 is 16.4 Å². The minimum atomic E-state index is -4.67. The quantitative estimate of drug-likeness (QED) is 0.717. The number of amides is 1. The summed E-state index contributed by atoms with van der Waals surface area (Å²) >= 11 is 0. The number of nitrogens with zero attached hydrogens (tertiary/aromatic N) is 1. The Kier molecular flexibility index (Phi) is 6.04. The zero-order chi connectivity index (χ0) is 22.2. The lowest BCUT2D eigenvalue weighted by molar-refractivity contribution is 0.205. The summed E-state index contributed by atoms with van der Waals surface area (Å²) in [7, 11) is -4.67. The SMILES string of the molecule is Cc1cc(C(C)(C)C)c(N(C(=O)O)S(=O)(=O)Oc2ccccc2)c(C(C)(C)C)c1. The Morgan fingerprint density at radius 3 is 1.76 bits per heavy atom. The molecule has 0 radical (unpaired) electrons. The van der Waals surface area contributed by atoms with Crippen molar-refractivity contribution in [3.05, 3.63) is 59.2 Å². The molecule has 0 unspecified atom stereocenters. The van der Waals surface area contributed by atoms with E-state index < -0.39 is 27.2 Å². The molecule has 0 fully saturated rings. The summed E-state index contributed by atoms with van der Waals surface area (Å²) in [4.78, 5) is 12.2.